The molecule has 0 unspecified atom stereocenters. The van der Waals surface area contributed by atoms with Crippen molar-refractivity contribution in [3.8, 4) is 12.1 Å². The fourth-order valence-electron chi connectivity index (χ4n) is 1.57. The van der Waals surface area contributed by atoms with Crippen LogP contribution in [0.3, 0.4) is 0 Å². The number of halogens is 1. The molecule has 76 valence electrons. The predicted molar refractivity (Wildman–Crippen MR) is 62.2 cm³/mol. The summed E-state index contributed by atoms with van der Waals surface area (Å²) in [4.78, 5) is 0. The van der Waals surface area contributed by atoms with Crippen LogP contribution in [0, 0.1) is 22.7 Å². The highest BCUT2D eigenvalue weighted by molar-refractivity contribution is 9.10. The van der Waals surface area contributed by atoms with Gasteiger partial charge in [0.2, 0.25) is 0 Å². The van der Waals surface area contributed by atoms with Crippen LogP contribution in [0.15, 0.2) is 16.6 Å². The lowest BCUT2D eigenvalue weighted by Gasteiger charge is -2.09. The SMILES string of the molecule is CCCc1c(CC#N)ccc(Br)c1C#N. The van der Waals surface area contributed by atoms with Gasteiger partial charge in [-0.05, 0) is 39.5 Å². The van der Waals surface area contributed by atoms with E-state index in [2.05, 4.69) is 35.0 Å². The van der Waals surface area contributed by atoms with Gasteiger partial charge in [-0.1, -0.05) is 19.4 Å². The van der Waals surface area contributed by atoms with Crippen LogP contribution in [0.1, 0.15) is 30.0 Å². The number of nitrogens with zero attached hydrogens (tertiary/aromatic N) is 2. The largest absolute Gasteiger partial charge is 0.198 e. The molecule has 0 aliphatic carbocycles. The first-order valence-electron chi connectivity index (χ1n) is 4.81. The van der Waals surface area contributed by atoms with Crippen molar-refractivity contribution in [3.05, 3.63) is 33.3 Å². The molecule has 1 aromatic carbocycles. The minimum absolute atomic E-state index is 0.372. The van der Waals surface area contributed by atoms with Gasteiger partial charge in [0, 0.05) is 4.47 Å². The molecule has 0 amide bonds. The summed E-state index contributed by atoms with van der Waals surface area (Å²) in [5.74, 6) is 0. The summed E-state index contributed by atoms with van der Waals surface area (Å²) in [6.45, 7) is 2.07. The highest BCUT2D eigenvalue weighted by Crippen LogP contribution is 2.24. The molecule has 0 spiro atoms. The molecule has 0 radical (unpaired) electrons. The lowest BCUT2D eigenvalue weighted by atomic mass is 9.96. The maximum atomic E-state index is 9.06. The van der Waals surface area contributed by atoms with Crippen molar-refractivity contribution in [2.24, 2.45) is 0 Å². The van der Waals surface area contributed by atoms with Gasteiger partial charge in [-0.25, -0.2) is 0 Å². The Morgan fingerprint density at radius 1 is 1.33 bits per heavy atom. The zero-order valence-corrected chi connectivity index (χ0v) is 10.1. The second kappa shape index (κ2) is 5.53. The summed E-state index contributed by atoms with van der Waals surface area (Å²) in [5.41, 5.74) is 2.65. The molecule has 0 bridgehead atoms. The Labute approximate surface area is 98.3 Å². The van der Waals surface area contributed by atoms with E-state index in [0.29, 0.717) is 12.0 Å². The van der Waals surface area contributed by atoms with Gasteiger partial charge in [-0.3, -0.25) is 0 Å². The van der Waals surface area contributed by atoms with Crippen molar-refractivity contribution < 1.29 is 0 Å². The van der Waals surface area contributed by atoms with E-state index >= 15 is 0 Å². The molecule has 0 atom stereocenters. The summed E-state index contributed by atoms with van der Waals surface area (Å²) < 4.78 is 0.815. The monoisotopic (exact) mass is 262 g/mol. The van der Waals surface area contributed by atoms with Gasteiger partial charge in [0.1, 0.15) is 6.07 Å². The Bertz CT molecular complexity index is 438. The molecule has 0 fully saturated rings. The first-order chi connectivity index (χ1) is 7.24. The van der Waals surface area contributed by atoms with Crippen molar-refractivity contribution >= 4 is 15.9 Å². The molecule has 0 aliphatic heterocycles. The lowest BCUT2D eigenvalue weighted by Crippen LogP contribution is -1.98. The number of rotatable bonds is 3. The van der Waals surface area contributed by atoms with Crippen LogP contribution in [0.2, 0.25) is 0 Å². The molecule has 0 heterocycles. The van der Waals surface area contributed by atoms with Crippen molar-refractivity contribution in [2.75, 3.05) is 0 Å². The second-order valence-corrected chi connectivity index (χ2v) is 4.11. The average molecular weight is 263 g/mol. The van der Waals surface area contributed by atoms with Crippen LogP contribution in [0.5, 0.6) is 0 Å². The minimum Gasteiger partial charge on any atom is -0.198 e. The van der Waals surface area contributed by atoms with E-state index < -0.39 is 0 Å². The van der Waals surface area contributed by atoms with Crippen LogP contribution in [-0.2, 0) is 12.8 Å². The van der Waals surface area contributed by atoms with Crippen LogP contribution >= 0.6 is 15.9 Å². The topological polar surface area (TPSA) is 47.6 Å². The van der Waals surface area contributed by atoms with Gasteiger partial charge >= 0.3 is 0 Å². The fourth-order valence-corrected chi connectivity index (χ4v) is 2.03. The van der Waals surface area contributed by atoms with E-state index in [1.807, 2.05) is 12.1 Å². The molecule has 3 heteroatoms. The summed E-state index contributed by atoms with van der Waals surface area (Å²) in [5, 5.41) is 17.8. The van der Waals surface area contributed by atoms with Gasteiger partial charge in [0.25, 0.3) is 0 Å². The van der Waals surface area contributed by atoms with Crippen LogP contribution in [0.4, 0.5) is 0 Å². The average Bonchev–Trinajstić information content (AvgIpc) is 2.23. The summed E-state index contributed by atoms with van der Waals surface area (Å²) in [6, 6.07) is 8.07. The molecule has 0 saturated carbocycles. The molecule has 1 aromatic rings. The summed E-state index contributed by atoms with van der Waals surface area (Å²) in [6.07, 6.45) is 2.19. The quantitative estimate of drug-likeness (QED) is 0.839. The molecular formula is C12H11BrN2. The minimum atomic E-state index is 0.372. The van der Waals surface area contributed by atoms with Gasteiger partial charge in [0.05, 0.1) is 18.1 Å². The molecule has 0 saturated heterocycles. The summed E-state index contributed by atoms with van der Waals surface area (Å²) in [7, 11) is 0. The van der Waals surface area contributed by atoms with E-state index in [1.54, 1.807) is 0 Å². The molecule has 0 N–H and O–H groups in total. The molecule has 2 nitrogen and oxygen atoms in total. The zero-order chi connectivity index (χ0) is 11.3. The van der Waals surface area contributed by atoms with Crippen LogP contribution in [0.25, 0.3) is 0 Å². The molecular weight excluding hydrogens is 252 g/mol. The van der Waals surface area contributed by atoms with Crippen LogP contribution < -0.4 is 0 Å². The molecule has 0 aromatic heterocycles. The molecule has 0 aliphatic rings. The number of benzene rings is 1. The highest BCUT2D eigenvalue weighted by Gasteiger charge is 2.10. The van der Waals surface area contributed by atoms with Gasteiger partial charge < -0.3 is 0 Å². The van der Waals surface area contributed by atoms with E-state index in [-0.39, 0.29) is 0 Å². The first kappa shape index (κ1) is 11.8. The molecule has 1 rings (SSSR count). The first-order valence-corrected chi connectivity index (χ1v) is 5.61. The van der Waals surface area contributed by atoms with Crippen molar-refractivity contribution in [1.82, 2.24) is 0 Å². The Kier molecular flexibility index (Phi) is 4.34. The third kappa shape index (κ3) is 2.58. The van der Waals surface area contributed by atoms with Gasteiger partial charge in [-0.15, -0.1) is 0 Å². The standard InChI is InChI=1S/C12H11BrN2/c1-2-3-10-9(6-7-14)4-5-12(13)11(10)8-15/h4-5H,2-3,6H2,1H3. The third-order valence-corrected chi connectivity index (χ3v) is 2.90. The maximum absolute atomic E-state index is 9.06. The normalized spacial score (nSPS) is 9.33. The Balaban J connectivity index is 3.31. The van der Waals surface area contributed by atoms with E-state index in [0.717, 1.165) is 28.4 Å². The van der Waals surface area contributed by atoms with Gasteiger partial charge in [-0.2, -0.15) is 10.5 Å². The summed E-state index contributed by atoms with van der Waals surface area (Å²) >= 11 is 3.36. The second-order valence-electron chi connectivity index (χ2n) is 3.26. The van der Waals surface area contributed by atoms with Crippen molar-refractivity contribution in [2.45, 2.75) is 26.2 Å². The van der Waals surface area contributed by atoms with Gasteiger partial charge in [0.15, 0.2) is 0 Å². The number of hydrogen-bond acceptors (Lipinski definition) is 2. The third-order valence-electron chi connectivity index (χ3n) is 2.24. The number of nitriles is 2. The zero-order valence-electron chi connectivity index (χ0n) is 8.55. The Morgan fingerprint density at radius 3 is 2.60 bits per heavy atom. The highest BCUT2D eigenvalue weighted by atomic mass is 79.9. The Hall–Kier alpha value is -1.32. The van der Waals surface area contributed by atoms with Crippen LogP contribution in [-0.4, -0.2) is 0 Å². The van der Waals surface area contributed by atoms with E-state index in [1.165, 1.54) is 0 Å². The lowest BCUT2D eigenvalue weighted by molar-refractivity contribution is 0.902. The van der Waals surface area contributed by atoms with Crippen molar-refractivity contribution in [1.29, 1.82) is 10.5 Å². The van der Waals surface area contributed by atoms with Crippen molar-refractivity contribution in [3.63, 3.8) is 0 Å². The predicted octanol–water partition coefficient (Wildman–Crippen LogP) is 3.34. The van der Waals surface area contributed by atoms with E-state index in [9.17, 15) is 0 Å². The fraction of sp³-hybridized carbons (Fsp3) is 0.333. The Morgan fingerprint density at radius 2 is 2.07 bits per heavy atom. The maximum Gasteiger partial charge on any atom is 0.101 e. The molecule has 15 heavy (non-hydrogen) atoms. The smallest absolute Gasteiger partial charge is 0.101 e. The van der Waals surface area contributed by atoms with E-state index in [4.69, 9.17) is 10.5 Å². The number of hydrogen-bond donors (Lipinski definition) is 0.